The molecule has 19 heavy (non-hydrogen) atoms. The van der Waals surface area contributed by atoms with Crippen LogP contribution >= 0.6 is 0 Å². The largest absolute Gasteiger partial charge is 0.481 e. The van der Waals surface area contributed by atoms with Crippen LogP contribution in [0.3, 0.4) is 0 Å². The second-order valence-corrected chi connectivity index (χ2v) is 6.56. The summed E-state index contributed by atoms with van der Waals surface area (Å²) in [5, 5.41) is 12.0. The summed E-state index contributed by atoms with van der Waals surface area (Å²) < 4.78 is 0. The number of piperidine rings is 1. The van der Waals surface area contributed by atoms with Crippen molar-refractivity contribution in [3.8, 4) is 0 Å². The van der Waals surface area contributed by atoms with Gasteiger partial charge in [-0.05, 0) is 47.5 Å². The minimum atomic E-state index is -0.724. The first kappa shape index (κ1) is 16.0. The number of amides is 1. The molecule has 0 aromatic rings. The molecule has 1 heterocycles. The third-order valence-electron chi connectivity index (χ3n) is 3.65. The Morgan fingerprint density at radius 2 is 1.95 bits per heavy atom. The van der Waals surface area contributed by atoms with E-state index in [2.05, 4.69) is 10.2 Å². The molecule has 110 valence electrons. The first-order chi connectivity index (χ1) is 8.61. The van der Waals surface area contributed by atoms with E-state index >= 15 is 0 Å². The number of likely N-dealkylation sites (tertiary alicyclic amines) is 1. The molecule has 1 rings (SSSR count). The normalized spacial score (nSPS) is 26.8. The molecule has 1 aliphatic rings. The van der Waals surface area contributed by atoms with E-state index in [0.717, 1.165) is 0 Å². The number of aliphatic carboxylic acids is 1. The van der Waals surface area contributed by atoms with Gasteiger partial charge in [-0.2, -0.15) is 0 Å². The lowest BCUT2D eigenvalue weighted by molar-refractivity contribution is -0.144. The second kappa shape index (κ2) is 5.90. The Labute approximate surface area is 115 Å². The fraction of sp³-hybridized carbons (Fsp3) is 0.857. The third-order valence-corrected chi connectivity index (χ3v) is 3.65. The van der Waals surface area contributed by atoms with E-state index in [1.54, 1.807) is 0 Å². The zero-order valence-electron chi connectivity index (χ0n) is 12.6. The third kappa shape index (κ3) is 4.49. The molecule has 0 bridgehead atoms. The Morgan fingerprint density at radius 3 is 2.37 bits per heavy atom. The lowest BCUT2D eigenvalue weighted by Crippen LogP contribution is -2.55. The van der Waals surface area contributed by atoms with E-state index < -0.39 is 5.97 Å². The highest BCUT2D eigenvalue weighted by atomic mass is 16.4. The number of carbonyl (C=O) groups excluding carboxylic acids is 1. The molecular formula is C14H26N2O3. The lowest BCUT2D eigenvalue weighted by atomic mass is 9.90. The van der Waals surface area contributed by atoms with E-state index in [4.69, 9.17) is 5.11 Å². The second-order valence-electron chi connectivity index (χ2n) is 6.56. The number of rotatable bonds is 3. The van der Waals surface area contributed by atoms with Gasteiger partial charge in [-0.1, -0.05) is 0 Å². The van der Waals surface area contributed by atoms with Gasteiger partial charge in [0.05, 0.1) is 12.0 Å². The summed E-state index contributed by atoms with van der Waals surface area (Å²) in [5.74, 6) is -0.990. The molecule has 5 heteroatoms. The number of hydrogen-bond donors (Lipinski definition) is 2. The van der Waals surface area contributed by atoms with Gasteiger partial charge >= 0.3 is 5.97 Å². The van der Waals surface area contributed by atoms with Crippen molar-refractivity contribution in [3.05, 3.63) is 0 Å². The van der Waals surface area contributed by atoms with Gasteiger partial charge in [-0.15, -0.1) is 0 Å². The summed E-state index contributed by atoms with van der Waals surface area (Å²) in [6.07, 6.45) is 1.23. The van der Waals surface area contributed by atoms with Crippen LogP contribution in [0.5, 0.6) is 0 Å². The Morgan fingerprint density at radius 1 is 1.37 bits per heavy atom. The van der Waals surface area contributed by atoms with Crippen LogP contribution in [0.1, 0.15) is 47.5 Å². The van der Waals surface area contributed by atoms with Gasteiger partial charge in [0.25, 0.3) is 0 Å². The zero-order chi connectivity index (χ0) is 14.8. The topological polar surface area (TPSA) is 69.6 Å². The highest BCUT2D eigenvalue weighted by Gasteiger charge is 2.34. The Bertz CT molecular complexity index is 349. The van der Waals surface area contributed by atoms with Gasteiger partial charge in [-0.3, -0.25) is 14.5 Å². The van der Waals surface area contributed by atoms with Gasteiger partial charge in [0.1, 0.15) is 0 Å². The van der Waals surface area contributed by atoms with Crippen molar-refractivity contribution in [2.24, 2.45) is 5.92 Å². The maximum Gasteiger partial charge on any atom is 0.306 e. The molecule has 3 atom stereocenters. The molecule has 1 fully saturated rings. The monoisotopic (exact) mass is 270 g/mol. The minimum Gasteiger partial charge on any atom is -0.481 e. The van der Waals surface area contributed by atoms with Crippen LogP contribution in [0, 0.1) is 5.92 Å². The van der Waals surface area contributed by atoms with Crippen molar-refractivity contribution < 1.29 is 14.7 Å². The summed E-state index contributed by atoms with van der Waals surface area (Å²) in [5.41, 5.74) is -0.242. The Kier molecular flexibility index (Phi) is 4.96. The first-order valence-corrected chi connectivity index (χ1v) is 6.92. The molecule has 0 spiro atoms. The molecule has 0 aromatic heterocycles. The van der Waals surface area contributed by atoms with Crippen LogP contribution in [-0.4, -0.2) is 46.1 Å². The number of carboxylic acid groups (broad SMARTS) is 1. The fourth-order valence-electron chi connectivity index (χ4n) is 2.61. The molecule has 0 aromatic carbocycles. The van der Waals surface area contributed by atoms with Gasteiger partial charge in [0.15, 0.2) is 0 Å². The summed E-state index contributed by atoms with van der Waals surface area (Å²) in [4.78, 5) is 25.2. The average Bonchev–Trinajstić information content (AvgIpc) is 2.25. The van der Waals surface area contributed by atoms with Crippen LogP contribution in [0.25, 0.3) is 0 Å². The zero-order valence-corrected chi connectivity index (χ0v) is 12.6. The smallest absolute Gasteiger partial charge is 0.306 e. The van der Waals surface area contributed by atoms with Crippen LogP contribution < -0.4 is 5.32 Å². The number of carbonyl (C=O) groups is 2. The SMILES string of the molecule is CC1CC(C(=O)O)CCN1C(C)C(=O)NC(C)(C)C. The maximum atomic E-state index is 12.1. The van der Waals surface area contributed by atoms with Gasteiger partial charge in [0, 0.05) is 18.1 Å². The molecule has 0 aliphatic carbocycles. The average molecular weight is 270 g/mol. The molecule has 1 aliphatic heterocycles. The lowest BCUT2D eigenvalue weighted by Gasteiger charge is -2.40. The summed E-state index contributed by atoms with van der Waals surface area (Å²) in [6.45, 7) is 10.4. The summed E-state index contributed by atoms with van der Waals surface area (Å²) in [7, 11) is 0. The van der Waals surface area contributed by atoms with Crippen molar-refractivity contribution in [1.29, 1.82) is 0 Å². The van der Waals surface area contributed by atoms with Crippen LogP contribution in [0.4, 0.5) is 0 Å². The van der Waals surface area contributed by atoms with Crippen molar-refractivity contribution >= 4 is 11.9 Å². The molecule has 3 unspecified atom stereocenters. The van der Waals surface area contributed by atoms with E-state index in [9.17, 15) is 9.59 Å². The number of carboxylic acids is 1. The van der Waals surface area contributed by atoms with Crippen molar-refractivity contribution in [1.82, 2.24) is 10.2 Å². The Hall–Kier alpha value is -1.10. The highest BCUT2D eigenvalue weighted by molar-refractivity contribution is 5.82. The molecular weight excluding hydrogens is 244 g/mol. The predicted octanol–water partition coefficient (Wildman–Crippen LogP) is 1.47. The maximum absolute atomic E-state index is 12.1. The molecule has 0 saturated carbocycles. The molecule has 0 radical (unpaired) electrons. The van der Waals surface area contributed by atoms with E-state index in [-0.39, 0.29) is 29.4 Å². The molecule has 1 amide bonds. The number of hydrogen-bond acceptors (Lipinski definition) is 3. The van der Waals surface area contributed by atoms with Gasteiger partial charge in [-0.25, -0.2) is 0 Å². The fourth-order valence-corrected chi connectivity index (χ4v) is 2.61. The minimum absolute atomic E-state index is 0.00752. The van der Waals surface area contributed by atoms with Crippen LogP contribution in [0.2, 0.25) is 0 Å². The van der Waals surface area contributed by atoms with E-state index in [1.165, 1.54) is 0 Å². The molecule has 2 N–H and O–H groups in total. The standard InChI is InChI=1S/C14H26N2O3/c1-9-8-11(13(18)19)6-7-16(9)10(2)12(17)15-14(3,4)5/h9-11H,6-8H2,1-5H3,(H,15,17)(H,18,19). The molecule has 5 nitrogen and oxygen atoms in total. The van der Waals surface area contributed by atoms with Crippen molar-refractivity contribution in [2.75, 3.05) is 6.54 Å². The van der Waals surface area contributed by atoms with E-state index in [0.29, 0.717) is 19.4 Å². The summed E-state index contributed by atoms with van der Waals surface area (Å²) in [6, 6.07) is -0.0976. The van der Waals surface area contributed by atoms with E-state index in [1.807, 2.05) is 34.6 Å². The van der Waals surface area contributed by atoms with Gasteiger partial charge < -0.3 is 10.4 Å². The quantitative estimate of drug-likeness (QED) is 0.815. The number of nitrogens with zero attached hydrogens (tertiary/aromatic N) is 1. The molecule has 1 saturated heterocycles. The van der Waals surface area contributed by atoms with Crippen LogP contribution in [0.15, 0.2) is 0 Å². The predicted molar refractivity (Wildman–Crippen MR) is 73.9 cm³/mol. The first-order valence-electron chi connectivity index (χ1n) is 6.92. The van der Waals surface area contributed by atoms with Crippen molar-refractivity contribution in [2.45, 2.75) is 65.1 Å². The Balaban J connectivity index is 2.61. The van der Waals surface area contributed by atoms with Gasteiger partial charge in [0.2, 0.25) is 5.91 Å². The van der Waals surface area contributed by atoms with Crippen molar-refractivity contribution in [3.63, 3.8) is 0 Å². The summed E-state index contributed by atoms with van der Waals surface area (Å²) >= 11 is 0. The highest BCUT2D eigenvalue weighted by Crippen LogP contribution is 2.25. The van der Waals surface area contributed by atoms with Crippen LogP contribution in [-0.2, 0) is 9.59 Å². The number of nitrogens with one attached hydrogen (secondary N) is 1.